The van der Waals surface area contributed by atoms with Gasteiger partial charge >= 0.3 is 0 Å². The van der Waals surface area contributed by atoms with Crippen LogP contribution in [0.15, 0.2) is 11.1 Å². The quantitative estimate of drug-likeness (QED) is 0.691. The summed E-state index contributed by atoms with van der Waals surface area (Å²) in [6, 6.07) is 0. The zero-order valence-corrected chi connectivity index (χ0v) is 11.6. The lowest BCUT2D eigenvalue weighted by molar-refractivity contribution is 0.000609. The number of likely N-dealkylation sites (tertiary alicyclic amines) is 2. The topological polar surface area (TPSA) is 6.48 Å². The fourth-order valence-electron chi connectivity index (χ4n) is 4.86. The van der Waals surface area contributed by atoms with E-state index in [0.717, 1.165) is 0 Å². The van der Waals surface area contributed by atoms with Gasteiger partial charge in [0.2, 0.25) is 0 Å². The molecule has 2 aliphatic carbocycles. The van der Waals surface area contributed by atoms with E-state index in [4.69, 9.17) is 0 Å². The molecule has 0 bridgehead atoms. The third kappa shape index (κ3) is 1.48. The fourth-order valence-corrected chi connectivity index (χ4v) is 4.86. The Labute approximate surface area is 111 Å². The highest BCUT2D eigenvalue weighted by molar-refractivity contribution is 5.57. The van der Waals surface area contributed by atoms with Crippen molar-refractivity contribution < 1.29 is 0 Å². The molecule has 0 N–H and O–H groups in total. The van der Waals surface area contributed by atoms with Gasteiger partial charge in [-0.05, 0) is 56.1 Å². The minimum atomic E-state index is 0.402. The van der Waals surface area contributed by atoms with Gasteiger partial charge in [-0.15, -0.1) is 0 Å². The summed E-state index contributed by atoms with van der Waals surface area (Å²) < 4.78 is 0. The van der Waals surface area contributed by atoms with Gasteiger partial charge in [0.1, 0.15) is 5.66 Å². The average Bonchev–Trinajstić information content (AvgIpc) is 2.82. The molecule has 0 amide bonds. The molecule has 0 aromatic carbocycles. The lowest BCUT2D eigenvalue weighted by atomic mass is 9.98. The number of hydrogen-bond donors (Lipinski definition) is 0. The van der Waals surface area contributed by atoms with Gasteiger partial charge in [0, 0.05) is 26.2 Å². The molecular weight excluding hydrogens is 220 g/mol. The molecule has 0 radical (unpaired) electrons. The minimum Gasteiger partial charge on any atom is -0.278 e. The zero-order chi connectivity index (χ0) is 12.0. The van der Waals surface area contributed by atoms with Crippen molar-refractivity contribution in [3.05, 3.63) is 11.1 Å². The highest BCUT2D eigenvalue weighted by Gasteiger charge is 2.61. The standard InChI is InChI=1S/C16H26N2/c1-3-10-17(11-4-1)16(14-8-7-9-15(14)16)18-12-5-2-6-13-18/h1-13H2. The highest BCUT2D eigenvalue weighted by Crippen LogP contribution is 2.60. The Kier molecular flexibility index (Phi) is 2.77. The molecule has 2 heteroatoms. The molecular formula is C16H26N2. The van der Waals surface area contributed by atoms with Crippen molar-refractivity contribution in [1.29, 1.82) is 0 Å². The van der Waals surface area contributed by atoms with Crippen molar-refractivity contribution in [2.45, 2.75) is 63.5 Å². The van der Waals surface area contributed by atoms with Crippen molar-refractivity contribution in [3.63, 3.8) is 0 Å². The molecule has 0 saturated carbocycles. The van der Waals surface area contributed by atoms with Crippen LogP contribution >= 0.6 is 0 Å². The fraction of sp³-hybridized carbons (Fsp3) is 0.875. The lowest BCUT2D eigenvalue weighted by Crippen LogP contribution is -2.57. The first-order chi connectivity index (χ1) is 8.94. The molecule has 4 aliphatic rings. The normalized spacial score (nSPS) is 32.7. The Morgan fingerprint density at radius 2 is 1.00 bits per heavy atom. The Morgan fingerprint density at radius 3 is 1.44 bits per heavy atom. The molecule has 2 saturated heterocycles. The van der Waals surface area contributed by atoms with E-state index in [0.29, 0.717) is 5.66 Å². The van der Waals surface area contributed by atoms with E-state index < -0.39 is 0 Å². The largest absolute Gasteiger partial charge is 0.278 e. The maximum atomic E-state index is 2.85. The molecule has 18 heavy (non-hydrogen) atoms. The van der Waals surface area contributed by atoms with Crippen LogP contribution in [-0.2, 0) is 0 Å². The van der Waals surface area contributed by atoms with Gasteiger partial charge in [0.15, 0.2) is 0 Å². The molecule has 4 rings (SSSR count). The maximum Gasteiger partial charge on any atom is 0.119 e. The van der Waals surface area contributed by atoms with Gasteiger partial charge in [-0.1, -0.05) is 12.8 Å². The second-order valence-corrected chi connectivity index (χ2v) is 6.58. The summed E-state index contributed by atoms with van der Waals surface area (Å²) in [6.45, 7) is 5.40. The molecule has 0 aromatic rings. The second kappa shape index (κ2) is 4.35. The molecule has 100 valence electrons. The minimum absolute atomic E-state index is 0.402. The summed E-state index contributed by atoms with van der Waals surface area (Å²) in [5, 5.41) is 0. The lowest BCUT2D eigenvalue weighted by Gasteiger charge is -2.47. The van der Waals surface area contributed by atoms with Crippen LogP contribution in [0.2, 0.25) is 0 Å². The van der Waals surface area contributed by atoms with Crippen LogP contribution in [0.4, 0.5) is 0 Å². The van der Waals surface area contributed by atoms with Gasteiger partial charge in [0.25, 0.3) is 0 Å². The molecule has 0 aromatic heterocycles. The summed E-state index contributed by atoms with van der Waals surface area (Å²) in [5.41, 5.74) is 4.11. The summed E-state index contributed by atoms with van der Waals surface area (Å²) in [5.74, 6) is 0. The van der Waals surface area contributed by atoms with Gasteiger partial charge in [0.05, 0.1) is 0 Å². The molecule has 2 nitrogen and oxygen atoms in total. The highest BCUT2D eigenvalue weighted by atomic mass is 15.4. The number of rotatable bonds is 2. The summed E-state index contributed by atoms with van der Waals surface area (Å²) in [6.07, 6.45) is 12.9. The van der Waals surface area contributed by atoms with Crippen LogP contribution in [-0.4, -0.2) is 41.6 Å². The predicted molar refractivity (Wildman–Crippen MR) is 74.5 cm³/mol. The maximum absolute atomic E-state index is 2.85. The molecule has 0 unspecified atom stereocenters. The van der Waals surface area contributed by atoms with E-state index in [-0.39, 0.29) is 0 Å². The number of piperidine rings is 2. The van der Waals surface area contributed by atoms with Crippen LogP contribution in [0.3, 0.4) is 0 Å². The Morgan fingerprint density at radius 1 is 0.556 bits per heavy atom. The number of hydrogen-bond acceptors (Lipinski definition) is 2. The first-order valence-electron chi connectivity index (χ1n) is 8.17. The van der Waals surface area contributed by atoms with Crippen LogP contribution in [0, 0.1) is 0 Å². The first-order valence-corrected chi connectivity index (χ1v) is 8.17. The smallest absolute Gasteiger partial charge is 0.119 e. The number of nitrogens with zero attached hydrogens (tertiary/aromatic N) is 2. The molecule has 2 heterocycles. The van der Waals surface area contributed by atoms with Crippen LogP contribution in [0.5, 0.6) is 0 Å². The van der Waals surface area contributed by atoms with E-state index in [1.807, 2.05) is 11.1 Å². The summed E-state index contributed by atoms with van der Waals surface area (Å²) >= 11 is 0. The monoisotopic (exact) mass is 246 g/mol. The van der Waals surface area contributed by atoms with Crippen molar-refractivity contribution in [2.75, 3.05) is 26.2 Å². The van der Waals surface area contributed by atoms with E-state index >= 15 is 0 Å². The first kappa shape index (κ1) is 11.5. The van der Waals surface area contributed by atoms with Crippen LogP contribution in [0.25, 0.3) is 0 Å². The van der Waals surface area contributed by atoms with Crippen molar-refractivity contribution in [1.82, 2.24) is 9.80 Å². The predicted octanol–water partition coefficient (Wildman–Crippen LogP) is 3.15. The second-order valence-electron chi connectivity index (χ2n) is 6.58. The van der Waals surface area contributed by atoms with Gasteiger partial charge in [-0.3, -0.25) is 9.80 Å². The van der Waals surface area contributed by atoms with Crippen molar-refractivity contribution in [2.24, 2.45) is 0 Å². The Hall–Kier alpha value is -0.340. The molecule has 2 aliphatic heterocycles. The Bertz CT molecular complexity index is 325. The SMILES string of the molecule is C1CCN(C2(N3CCCCC3)C3=C2CCC3)CC1. The average molecular weight is 246 g/mol. The van der Waals surface area contributed by atoms with Gasteiger partial charge in [-0.2, -0.15) is 0 Å². The van der Waals surface area contributed by atoms with Gasteiger partial charge < -0.3 is 0 Å². The van der Waals surface area contributed by atoms with Gasteiger partial charge in [-0.25, -0.2) is 0 Å². The molecule has 0 atom stereocenters. The van der Waals surface area contributed by atoms with Crippen LogP contribution < -0.4 is 0 Å². The molecule has 2 fully saturated rings. The van der Waals surface area contributed by atoms with Crippen LogP contribution in [0.1, 0.15) is 57.8 Å². The summed E-state index contributed by atoms with van der Waals surface area (Å²) in [4.78, 5) is 5.71. The van der Waals surface area contributed by atoms with E-state index in [9.17, 15) is 0 Å². The third-order valence-electron chi connectivity index (χ3n) is 5.62. The van der Waals surface area contributed by atoms with E-state index in [1.54, 1.807) is 0 Å². The van der Waals surface area contributed by atoms with E-state index in [2.05, 4.69) is 9.80 Å². The summed E-state index contributed by atoms with van der Waals surface area (Å²) in [7, 11) is 0. The van der Waals surface area contributed by atoms with Crippen molar-refractivity contribution >= 4 is 0 Å². The Balaban J connectivity index is 1.58. The van der Waals surface area contributed by atoms with Crippen molar-refractivity contribution in [3.8, 4) is 0 Å². The zero-order valence-electron chi connectivity index (χ0n) is 11.6. The molecule has 0 spiro atoms. The van der Waals surface area contributed by atoms with E-state index in [1.165, 1.54) is 84.0 Å². The third-order valence-corrected chi connectivity index (χ3v) is 5.62.